The van der Waals surface area contributed by atoms with Gasteiger partial charge in [-0.3, -0.25) is 0 Å². The first-order chi connectivity index (χ1) is 12.1. The lowest BCUT2D eigenvalue weighted by Gasteiger charge is -2.45. The van der Waals surface area contributed by atoms with Gasteiger partial charge in [0, 0.05) is 0 Å². The molecule has 2 aliphatic rings. The van der Waals surface area contributed by atoms with Crippen LogP contribution < -0.4 is 0 Å². The highest BCUT2D eigenvalue weighted by molar-refractivity contribution is 5.73. The minimum absolute atomic E-state index is 0.147. The molecule has 0 aromatic rings. The summed E-state index contributed by atoms with van der Waals surface area (Å²) in [6.07, 6.45) is -17.0. The molecule has 0 aromatic heterocycles. The molecule has 0 radical (unpaired) electrons. The Balaban J connectivity index is 2.19. The van der Waals surface area contributed by atoms with Crippen molar-refractivity contribution in [2.24, 2.45) is 0 Å². The first kappa shape index (κ1) is 20.9. The summed E-state index contributed by atoms with van der Waals surface area (Å²) in [5.74, 6) is -3.11. The van der Waals surface area contributed by atoms with Gasteiger partial charge < -0.3 is 50.0 Å². The molecule has 4 unspecified atom stereocenters. The molecule has 7 N–H and O–H groups in total. The molecular formula is C14H22O12. The molecule has 150 valence electrons. The van der Waals surface area contributed by atoms with Gasteiger partial charge in [0.05, 0.1) is 6.10 Å². The van der Waals surface area contributed by atoms with Crippen LogP contribution in [-0.2, 0) is 23.8 Å². The van der Waals surface area contributed by atoms with Crippen molar-refractivity contribution >= 4 is 11.9 Å². The van der Waals surface area contributed by atoms with Gasteiger partial charge in [-0.2, -0.15) is 0 Å². The van der Waals surface area contributed by atoms with Gasteiger partial charge in [-0.15, -0.1) is 0 Å². The summed E-state index contributed by atoms with van der Waals surface area (Å²) >= 11 is 0. The van der Waals surface area contributed by atoms with Crippen LogP contribution in [0.1, 0.15) is 13.3 Å². The van der Waals surface area contributed by atoms with Crippen molar-refractivity contribution in [3.8, 4) is 0 Å². The Bertz CT molecular complexity index is 524. The highest BCUT2D eigenvalue weighted by atomic mass is 16.7. The molecule has 12 nitrogen and oxygen atoms in total. The number of carboxylic acids is 2. The maximum atomic E-state index is 11.1. The second-order valence-corrected chi connectivity index (χ2v) is 6.16. The molecule has 0 saturated carbocycles. The fourth-order valence-corrected chi connectivity index (χ4v) is 2.96. The first-order valence-electron chi connectivity index (χ1n) is 7.92. The van der Waals surface area contributed by atoms with Crippen LogP contribution in [0.15, 0.2) is 0 Å². The Morgan fingerprint density at radius 2 is 1.31 bits per heavy atom. The molecule has 0 aromatic carbocycles. The predicted octanol–water partition coefficient (Wildman–Crippen LogP) is -3.75. The van der Waals surface area contributed by atoms with E-state index in [1.54, 1.807) is 6.92 Å². The lowest BCUT2D eigenvalue weighted by Crippen LogP contribution is -2.65. The third-order valence-corrected chi connectivity index (χ3v) is 4.43. The zero-order chi connectivity index (χ0) is 19.8. The fourth-order valence-electron chi connectivity index (χ4n) is 2.96. The maximum Gasteiger partial charge on any atom is 0.335 e. The Labute approximate surface area is 147 Å². The second kappa shape index (κ2) is 8.10. The monoisotopic (exact) mass is 382 g/mol. The molecule has 2 heterocycles. The lowest BCUT2D eigenvalue weighted by atomic mass is 9.93. The second-order valence-electron chi connectivity index (χ2n) is 6.16. The van der Waals surface area contributed by atoms with Crippen molar-refractivity contribution in [3.05, 3.63) is 0 Å². The van der Waals surface area contributed by atoms with Gasteiger partial charge in [0.1, 0.15) is 36.6 Å². The Hall–Kier alpha value is -1.38. The normalized spacial score (nSPS) is 46.7. The molecule has 2 aliphatic heterocycles. The average Bonchev–Trinajstić information content (AvgIpc) is 2.58. The molecule has 2 fully saturated rings. The van der Waals surface area contributed by atoms with Gasteiger partial charge in [0.15, 0.2) is 18.5 Å². The zero-order valence-electron chi connectivity index (χ0n) is 13.7. The summed E-state index contributed by atoms with van der Waals surface area (Å²) in [7, 11) is 0. The topological polar surface area (TPSA) is 203 Å². The van der Waals surface area contributed by atoms with Crippen LogP contribution in [0.3, 0.4) is 0 Å². The van der Waals surface area contributed by atoms with E-state index >= 15 is 0 Å². The van der Waals surface area contributed by atoms with Gasteiger partial charge in [-0.1, -0.05) is 6.92 Å². The van der Waals surface area contributed by atoms with Crippen LogP contribution in [0, 0.1) is 0 Å². The molecule has 10 atom stereocenters. The quantitative estimate of drug-likeness (QED) is 0.245. The van der Waals surface area contributed by atoms with Crippen molar-refractivity contribution < 1.29 is 59.5 Å². The predicted molar refractivity (Wildman–Crippen MR) is 77.8 cm³/mol. The highest BCUT2D eigenvalue weighted by Gasteiger charge is 2.52. The third-order valence-electron chi connectivity index (χ3n) is 4.43. The molecule has 0 aliphatic carbocycles. The van der Waals surface area contributed by atoms with Crippen molar-refractivity contribution in [1.29, 1.82) is 0 Å². The van der Waals surface area contributed by atoms with E-state index in [-0.39, 0.29) is 6.42 Å². The SMILES string of the molecule is CC[C@H]1OC(C(=O)O)[C@@H](O)C(O)[C@@H]1O[C@@H]1OC(C(=O)O)[C@@H](O)C(O)[C@@H]1O. The van der Waals surface area contributed by atoms with E-state index in [1.165, 1.54) is 0 Å². The minimum Gasteiger partial charge on any atom is -0.479 e. The third kappa shape index (κ3) is 3.82. The number of aliphatic hydroxyl groups is 5. The van der Waals surface area contributed by atoms with Crippen LogP contribution in [0.4, 0.5) is 0 Å². The van der Waals surface area contributed by atoms with Crippen LogP contribution >= 0.6 is 0 Å². The molecule has 0 bridgehead atoms. The molecule has 2 rings (SSSR count). The van der Waals surface area contributed by atoms with Crippen LogP contribution in [0.25, 0.3) is 0 Å². The molecular weight excluding hydrogens is 360 g/mol. The van der Waals surface area contributed by atoms with Gasteiger partial charge in [-0.05, 0) is 6.42 Å². The fraction of sp³-hybridized carbons (Fsp3) is 0.857. The summed E-state index contributed by atoms with van der Waals surface area (Å²) < 4.78 is 15.5. The van der Waals surface area contributed by atoms with E-state index in [0.29, 0.717) is 0 Å². The minimum atomic E-state index is -1.92. The van der Waals surface area contributed by atoms with Crippen LogP contribution in [0.2, 0.25) is 0 Å². The number of carbonyl (C=O) groups is 2. The summed E-state index contributed by atoms with van der Waals surface area (Å²) in [6, 6.07) is 0. The maximum absolute atomic E-state index is 11.1. The van der Waals surface area contributed by atoms with E-state index < -0.39 is 73.2 Å². The number of ether oxygens (including phenoxy) is 3. The Kier molecular flexibility index (Phi) is 6.52. The number of aliphatic carboxylic acids is 2. The average molecular weight is 382 g/mol. The summed E-state index contributed by atoms with van der Waals surface area (Å²) in [4.78, 5) is 22.2. The zero-order valence-corrected chi connectivity index (χ0v) is 13.7. The molecule has 0 amide bonds. The Morgan fingerprint density at radius 3 is 1.81 bits per heavy atom. The highest BCUT2D eigenvalue weighted by Crippen LogP contribution is 2.30. The number of aliphatic hydroxyl groups excluding tert-OH is 5. The van der Waals surface area contributed by atoms with Crippen LogP contribution in [-0.4, -0.2) is 109 Å². The molecule has 0 spiro atoms. The summed E-state index contributed by atoms with van der Waals surface area (Å²) in [5, 5.41) is 67.5. The number of carboxylic acid groups (broad SMARTS) is 2. The van der Waals surface area contributed by atoms with Gasteiger partial charge in [0.2, 0.25) is 0 Å². The lowest BCUT2D eigenvalue weighted by molar-refractivity contribution is -0.334. The summed E-state index contributed by atoms with van der Waals surface area (Å²) in [5.41, 5.74) is 0. The standard InChI is InChI=1S/C14H22O12/c1-2-3-9(6(17)7(18)10(24-3)12(20)21)25-14-8(19)4(15)5(16)11(26-14)13(22)23/h3-11,14-19H,2H2,1H3,(H,20,21)(H,22,23)/t3-,4?,5+,6?,7+,8+,9-,10?,11?,14-/m1/s1. The van der Waals surface area contributed by atoms with E-state index in [2.05, 4.69) is 0 Å². The molecule has 2 saturated heterocycles. The van der Waals surface area contributed by atoms with Crippen LogP contribution in [0.5, 0.6) is 0 Å². The smallest absolute Gasteiger partial charge is 0.335 e. The van der Waals surface area contributed by atoms with E-state index in [9.17, 15) is 35.1 Å². The van der Waals surface area contributed by atoms with Gasteiger partial charge >= 0.3 is 11.9 Å². The summed E-state index contributed by atoms with van der Waals surface area (Å²) in [6.45, 7) is 1.58. The number of rotatable bonds is 5. The number of hydrogen-bond acceptors (Lipinski definition) is 10. The van der Waals surface area contributed by atoms with Gasteiger partial charge in [-0.25, -0.2) is 9.59 Å². The van der Waals surface area contributed by atoms with Crippen molar-refractivity contribution in [3.63, 3.8) is 0 Å². The molecule has 26 heavy (non-hydrogen) atoms. The van der Waals surface area contributed by atoms with E-state index in [1.807, 2.05) is 0 Å². The van der Waals surface area contributed by atoms with E-state index in [4.69, 9.17) is 24.4 Å². The number of hydrogen-bond donors (Lipinski definition) is 7. The van der Waals surface area contributed by atoms with Crippen molar-refractivity contribution in [2.45, 2.75) is 74.6 Å². The van der Waals surface area contributed by atoms with Gasteiger partial charge in [0.25, 0.3) is 0 Å². The Morgan fingerprint density at radius 1 is 0.808 bits per heavy atom. The largest absolute Gasteiger partial charge is 0.479 e. The van der Waals surface area contributed by atoms with Crippen molar-refractivity contribution in [2.75, 3.05) is 0 Å². The van der Waals surface area contributed by atoms with E-state index in [0.717, 1.165) is 0 Å². The van der Waals surface area contributed by atoms with Crippen molar-refractivity contribution in [1.82, 2.24) is 0 Å². The molecule has 12 heteroatoms. The first-order valence-corrected chi connectivity index (χ1v) is 7.92.